The summed E-state index contributed by atoms with van der Waals surface area (Å²) in [6.45, 7) is 9.62. The minimum absolute atomic E-state index is 0.174. The molecule has 1 amide bonds. The molecule has 0 aromatic heterocycles. The fourth-order valence-corrected chi connectivity index (χ4v) is 4.71. The lowest BCUT2D eigenvalue weighted by molar-refractivity contribution is -0.131. The molecule has 182 valence electrons. The van der Waals surface area contributed by atoms with Gasteiger partial charge in [-0.3, -0.25) is 4.79 Å². The molecule has 1 fully saturated rings. The summed E-state index contributed by atoms with van der Waals surface area (Å²) >= 11 is 0. The quantitative estimate of drug-likeness (QED) is 0.518. The highest BCUT2D eigenvalue weighted by Crippen LogP contribution is 2.38. The fraction of sp³-hybridized carbons (Fsp3) is 0.333. The number of aliphatic imine (C=N–C) groups is 1. The van der Waals surface area contributed by atoms with Gasteiger partial charge in [-0.1, -0.05) is 96.6 Å². The molecule has 0 aliphatic carbocycles. The van der Waals surface area contributed by atoms with Gasteiger partial charge in [0.2, 0.25) is 5.91 Å². The minimum Gasteiger partial charge on any atom is -0.342 e. The highest BCUT2D eigenvalue weighted by molar-refractivity contribution is 5.93. The maximum absolute atomic E-state index is 13.0. The molecule has 2 aliphatic heterocycles. The number of hydrogen-bond donors (Lipinski definition) is 1. The second kappa shape index (κ2) is 11.3. The van der Waals surface area contributed by atoms with Gasteiger partial charge in [0.05, 0.1) is 11.8 Å². The van der Waals surface area contributed by atoms with E-state index in [4.69, 9.17) is 9.83 Å². The van der Waals surface area contributed by atoms with E-state index in [2.05, 4.69) is 55.4 Å². The van der Waals surface area contributed by atoms with Crippen LogP contribution in [-0.2, 0) is 21.5 Å². The van der Waals surface area contributed by atoms with Gasteiger partial charge >= 0.3 is 0 Å². The van der Waals surface area contributed by atoms with Crippen LogP contribution in [0.1, 0.15) is 44.2 Å². The molecule has 0 saturated carbocycles. The van der Waals surface area contributed by atoms with Crippen LogP contribution in [0.3, 0.4) is 0 Å². The van der Waals surface area contributed by atoms with Crippen molar-refractivity contribution >= 4 is 11.7 Å². The van der Waals surface area contributed by atoms with Crippen LogP contribution in [-0.4, -0.2) is 36.0 Å². The van der Waals surface area contributed by atoms with Gasteiger partial charge in [0.15, 0.2) is 6.23 Å². The van der Waals surface area contributed by atoms with E-state index in [-0.39, 0.29) is 17.6 Å². The van der Waals surface area contributed by atoms with Gasteiger partial charge in [-0.25, -0.2) is 15.3 Å². The third-order valence-corrected chi connectivity index (χ3v) is 6.99. The van der Waals surface area contributed by atoms with E-state index >= 15 is 0 Å². The third-order valence-electron chi connectivity index (χ3n) is 6.99. The van der Waals surface area contributed by atoms with E-state index in [0.29, 0.717) is 25.9 Å². The molecular weight excluding hydrogens is 434 g/mol. The van der Waals surface area contributed by atoms with Crippen LogP contribution < -0.4 is 5.48 Å². The average Bonchev–Trinajstić information content (AvgIpc) is 3.37. The maximum Gasteiger partial charge on any atom is 0.226 e. The molecule has 35 heavy (non-hydrogen) atoms. The molecule has 0 radical (unpaired) electrons. The van der Waals surface area contributed by atoms with Crippen LogP contribution in [0, 0.1) is 0 Å². The molecule has 2 aromatic rings. The topological polar surface area (TPSA) is 53.9 Å². The predicted molar refractivity (Wildman–Crippen MR) is 142 cm³/mol. The van der Waals surface area contributed by atoms with E-state index in [1.165, 1.54) is 11.1 Å². The molecule has 5 heteroatoms. The van der Waals surface area contributed by atoms with Gasteiger partial charge in [-0.2, -0.15) is 0 Å². The number of nitrogens with zero attached hydrogens (tertiary/aromatic N) is 2. The molecule has 5 nitrogen and oxygen atoms in total. The lowest BCUT2D eigenvalue weighted by Crippen LogP contribution is -2.52. The number of allylic oxidation sites excluding steroid dienone is 4. The molecule has 0 spiro atoms. The molecular formula is C30H35N3O2. The number of carbonyl (C=O) groups excluding carboxylic acids is 1. The zero-order valence-electron chi connectivity index (χ0n) is 20.7. The van der Waals surface area contributed by atoms with Crippen molar-refractivity contribution in [1.82, 2.24) is 10.4 Å². The summed E-state index contributed by atoms with van der Waals surface area (Å²) < 4.78 is 0. The largest absolute Gasteiger partial charge is 0.342 e. The Kier molecular flexibility index (Phi) is 7.98. The first-order valence-electron chi connectivity index (χ1n) is 12.4. The maximum atomic E-state index is 13.0. The van der Waals surface area contributed by atoms with E-state index in [9.17, 15) is 4.79 Å². The van der Waals surface area contributed by atoms with Gasteiger partial charge in [0.25, 0.3) is 0 Å². The molecule has 1 N–H and O–H groups in total. The summed E-state index contributed by atoms with van der Waals surface area (Å²) in [7, 11) is 0. The van der Waals surface area contributed by atoms with Crippen molar-refractivity contribution in [3.05, 3.63) is 108 Å². The number of hydrogen-bond acceptors (Lipinski definition) is 4. The zero-order chi connectivity index (χ0) is 24.7. The lowest BCUT2D eigenvalue weighted by Gasteiger charge is -2.42. The lowest BCUT2D eigenvalue weighted by atomic mass is 9.71. The highest BCUT2D eigenvalue weighted by atomic mass is 16.7. The van der Waals surface area contributed by atoms with Gasteiger partial charge in [0.1, 0.15) is 5.84 Å². The number of amidine groups is 1. The van der Waals surface area contributed by atoms with Crippen LogP contribution in [0.15, 0.2) is 102 Å². The van der Waals surface area contributed by atoms with Crippen molar-refractivity contribution in [2.24, 2.45) is 4.99 Å². The molecule has 1 atom stereocenters. The van der Waals surface area contributed by atoms with Gasteiger partial charge in [-0.15, -0.1) is 0 Å². The van der Waals surface area contributed by atoms with Crippen molar-refractivity contribution in [3.63, 3.8) is 0 Å². The van der Waals surface area contributed by atoms with E-state index < -0.39 is 0 Å². The number of carbonyl (C=O) groups is 1. The van der Waals surface area contributed by atoms with Crippen molar-refractivity contribution in [2.75, 3.05) is 13.1 Å². The highest BCUT2D eigenvalue weighted by Gasteiger charge is 2.44. The van der Waals surface area contributed by atoms with E-state index in [1.54, 1.807) is 0 Å². The molecule has 4 rings (SSSR count). The van der Waals surface area contributed by atoms with Crippen LogP contribution >= 0.6 is 0 Å². The Balaban J connectivity index is 1.48. The van der Waals surface area contributed by atoms with Gasteiger partial charge in [0, 0.05) is 19.5 Å². The first kappa shape index (κ1) is 24.7. The fourth-order valence-electron chi connectivity index (χ4n) is 4.71. The van der Waals surface area contributed by atoms with Gasteiger partial charge < -0.3 is 4.90 Å². The van der Waals surface area contributed by atoms with E-state index in [1.807, 2.05) is 54.3 Å². The second-order valence-electron chi connectivity index (χ2n) is 9.37. The Hall–Kier alpha value is -3.44. The van der Waals surface area contributed by atoms with Crippen molar-refractivity contribution in [1.29, 1.82) is 0 Å². The van der Waals surface area contributed by atoms with E-state index in [0.717, 1.165) is 29.8 Å². The summed E-state index contributed by atoms with van der Waals surface area (Å²) in [5.74, 6) is 1.03. The molecule has 1 saturated heterocycles. The minimum atomic E-state index is -0.314. The predicted octanol–water partition coefficient (Wildman–Crippen LogP) is 5.52. The normalized spacial score (nSPS) is 19.9. The van der Waals surface area contributed by atoms with Crippen LogP contribution in [0.25, 0.3) is 0 Å². The summed E-state index contributed by atoms with van der Waals surface area (Å²) in [5, 5.41) is 0. The summed E-state index contributed by atoms with van der Waals surface area (Å²) in [6.07, 6.45) is 8.48. The Morgan fingerprint density at radius 3 is 2.43 bits per heavy atom. The number of likely N-dealkylation sites (tertiary alicyclic amines) is 1. The Labute approximate surface area is 208 Å². The SMILES string of the molecule is C=C(/C=C\C(C)=C/C)CC1N=C(C2(c3ccccc3)CCN(C(=O)Cc3ccccc3)CC2)NO1. The number of nitrogens with one attached hydrogen (secondary N) is 1. The van der Waals surface area contributed by atoms with Crippen LogP contribution in [0.5, 0.6) is 0 Å². The first-order valence-corrected chi connectivity index (χ1v) is 12.4. The first-order chi connectivity index (χ1) is 17.0. The number of hydroxylamine groups is 1. The van der Waals surface area contributed by atoms with Gasteiger partial charge in [-0.05, 0) is 37.8 Å². The molecule has 1 unspecified atom stereocenters. The Morgan fingerprint density at radius 2 is 1.77 bits per heavy atom. The van der Waals surface area contributed by atoms with Crippen LogP contribution in [0.4, 0.5) is 0 Å². The smallest absolute Gasteiger partial charge is 0.226 e. The summed E-state index contributed by atoms with van der Waals surface area (Å²) in [5.41, 5.74) is 7.26. The standard InChI is InChI=1S/C30H35N3O2/c1-4-23(2)15-16-24(3)21-27-31-29(32-35-27)30(26-13-9-6-10-14-26)17-19-33(20-18-30)28(34)22-25-11-7-5-8-12-25/h4-16,27H,3,17-22H2,1-2H3,(H,31,32)/b16-15-,23-4-. The number of rotatable bonds is 8. The molecule has 2 heterocycles. The molecule has 2 aromatic carbocycles. The van der Waals surface area contributed by atoms with Crippen LogP contribution in [0.2, 0.25) is 0 Å². The number of amides is 1. The Bertz CT molecular complexity index is 1110. The summed E-state index contributed by atoms with van der Waals surface area (Å²) in [6, 6.07) is 20.4. The second-order valence-corrected chi connectivity index (χ2v) is 9.37. The summed E-state index contributed by atoms with van der Waals surface area (Å²) in [4.78, 5) is 25.8. The monoisotopic (exact) mass is 469 g/mol. The average molecular weight is 470 g/mol. The molecule has 2 aliphatic rings. The number of piperidine rings is 1. The third kappa shape index (κ3) is 5.98. The van der Waals surface area contributed by atoms with Crippen molar-refractivity contribution < 1.29 is 9.63 Å². The Morgan fingerprint density at radius 1 is 1.11 bits per heavy atom. The molecule has 0 bridgehead atoms. The van der Waals surface area contributed by atoms with Crippen molar-refractivity contribution in [2.45, 2.75) is 51.2 Å². The number of benzene rings is 2. The van der Waals surface area contributed by atoms with Crippen molar-refractivity contribution in [3.8, 4) is 0 Å². The zero-order valence-corrected chi connectivity index (χ0v) is 20.7.